The number of halogens is 2. The molecule has 0 saturated carbocycles. The second-order valence-corrected chi connectivity index (χ2v) is 9.66. The molecule has 0 aromatic heterocycles. The molecule has 0 atom stereocenters. The number of sulfonamides is 1. The highest BCUT2D eigenvalue weighted by Crippen LogP contribution is 2.31. The molecular formula is C11H14Cl2N2O4S2. The van der Waals surface area contributed by atoms with Gasteiger partial charge in [0.1, 0.15) is 4.90 Å². The van der Waals surface area contributed by atoms with Crippen molar-refractivity contribution in [2.45, 2.75) is 11.4 Å². The van der Waals surface area contributed by atoms with Gasteiger partial charge in [-0.2, -0.15) is 4.31 Å². The maximum Gasteiger partial charge on any atom is 0.244 e. The molecule has 21 heavy (non-hydrogen) atoms. The Balaban J connectivity index is 2.43. The van der Waals surface area contributed by atoms with E-state index in [1.807, 2.05) is 0 Å². The number of rotatable bonds is 3. The van der Waals surface area contributed by atoms with Gasteiger partial charge in [-0.15, -0.1) is 0 Å². The van der Waals surface area contributed by atoms with Crippen molar-refractivity contribution in [1.29, 1.82) is 0 Å². The van der Waals surface area contributed by atoms with Crippen LogP contribution >= 0.6 is 23.2 Å². The molecule has 2 N–H and O–H groups in total. The summed E-state index contributed by atoms with van der Waals surface area (Å²) in [6, 6.07) is 2.76. The number of sulfone groups is 1. The second-order valence-electron chi connectivity index (χ2n) is 4.64. The van der Waals surface area contributed by atoms with Crippen molar-refractivity contribution in [3.8, 4) is 0 Å². The van der Waals surface area contributed by atoms with Gasteiger partial charge in [0.15, 0.2) is 9.84 Å². The van der Waals surface area contributed by atoms with Crippen LogP contribution in [0.2, 0.25) is 10.0 Å². The molecule has 0 unspecified atom stereocenters. The lowest BCUT2D eigenvalue weighted by molar-refractivity contribution is 0.431. The van der Waals surface area contributed by atoms with Gasteiger partial charge in [0.25, 0.3) is 0 Å². The highest BCUT2D eigenvalue weighted by Gasteiger charge is 2.33. The van der Waals surface area contributed by atoms with Crippen molar-refractivity contribution in [2.24, 2.45) is 5.73 Å². The van der Waals surface area contributed by atoms with Crippen molar-refractivity contribution >= 4 is 43.1 Å². The first-order valence-electron chi connectivity index (χ1n) is 6.06. The molecule has 1 fully saturated rings. The van der Waals surface area contributed by atoms with Crippen molar-refractivity contribution < 1.29 is 16.8 Å². The summed E-state index contributed by atoms with van der Waals surface area (Å²) in [6.45, 7) is -0.132. The Morgan fingerprint density at radius 2 is 1.76 bits per heavy atom. The van der Waals surface area contributed by atoms with Crippen LogP contribution in [-0.2, 0) is 26.4 Å². The van der Waals surface area contributed by atoms with Crippen LogP contribution in [0.5, 0.6) is 0 Å². The van der Waals surface area contributed by atoms with Gasteiger partial charge in [-0.05, 0) is 17.7 Å². The van der Waals surface area contributed by atoms with E-state index < -0.39 is 19.9 Å². The Kier molecular flexibility index (Phi) is 4.87. The molecule has 0 amide bonds. The lowest BCUT2D eigenvalue weighted by Crippen LogP contribution is -2.43. The third-order valence-corrected chi connectivity index (χ3v) is 7.53. The fourth-order valence-electron chi connectivity index (χ4n) is 2.03. The summed E-state index contributed by atoms with van der Waals surface area (Å²) < 4.78 is 49.1. The van der Waals surface area contributed by atoms with Gasteiger partial charge in [0.2, 0.25) is 10.0 Å². The number of nitrogens with zero attached hydrogens (tertiary/aromatic N) is 1. The molecular weight excluding hydrogens is 359 g/mol. The normalized spacial score (nSPS) is 19.6. The third kappa shape index (κ3) is 3.52. The Morgan fingerprint density at radius 1 is 1.19 bits per heavy atom. The molecule has 1 aromatic carbocycles. The molecule has 118 valence electrons. The number of hydrogen-bond acceptors (Lipinski definition) is 5. The maximum atomic E-state index is 12.6. The van der Waals surface area contributed by atoms with Crippen LogP contribution in [0.3, 0.4) is 0 Å². The second kappa shape index (κ2) is 6.02. The van der Waals surface area contributed by atoms with Crippen LogP contribution in [0.1, 0.15) is 5.56 Å². The molecule has 1 aliphatic rings. The summed E-state index contributed by atoms with van der Waals surface area (Å²) in [5, 5.41) is 0.235. The van der Waals surface area contributed by atoms with E-state index in [-0.39, 0.29) is 46.1 Å². The van der Waals surface area contributed by atoms with Gasteiger partial charge in [0.05, 0.1) is 16.5 Å². The fraction of sp³-hybridized carbons (Fsp3) is 0.455. The first kappa shape index (κ1) is 17.0. The Bertz CT molecular complexity index is 749. The quantitative estimate of drug-likeness (QED) is 0.848. The molecule has 1 aliphatic heterocycles. The van der Waals surface area contributed by atoms with Crippen molar-refractivity contribution in [3.63, 3.8) is 0 Å². The van der Waals surface area contributed by atoms with E-state index in [9.17, 15) is 16.8 Å². The minimum absolute atomic E-state index is 0.0235. The standard InChI is InChI=1S/C11H14Cl2N2O4S2/c12-9-5-8(7-14)11(13)10(6-9)21(18,19)15-1-3-20(16,17)4-2-15/h5-6H,1-4,7,14H2. The van der Waals surface area contributed by atoms with E-state index in [0.717, 1.165) is 4.31 Å². The van der Waals surface area contributed by atoms with Gasteiger partial charge >= 0.3 is 0 Å². The summed E-state index contributed by atoms with van der Waals surface area (Å²) in [4.78, 5) is -0.142. The van der Waals surface area contributed by atoms with Crippen LogP contribution in [0.15, 0.2) is 17.0 Å². The summed E-state index contributed by atoms with van der Waals surface area (Å²) in [7, 11) is -7.08. The summed E-state index contributed by atoms with van der Waals surface area (Å²) >= 11 is 12.0. The number of benzene rings is 1. The zero-order valence-electron chi connectivity index (χ0n) is 10.9. The molecule has 0 radical (unpaired) electrons. The van der Waals surface area contributed by atoms with Crippen molar-refractivity contribution in [3.05, 3.63) is 27.7 Å². The largest absolute Gasteiger partial charge is 0.326 e. The van der Waals surface area contributed by atoms with Gasteiger partial charge < -0.3 is 5.73 Å². The van der Waals surface area contributed by atoms with Crippen molar-refractivity contribution in [2.75, 3.05) is 24.6 Å². The molecule has 2 rings (SSSR count). The zero-order valence-corrected chi connectivity index (χ0v) is 14.1. The first-order chi connectivity index (χ1) is 9.67. The maximum absolute atomic E-state index is 12.6. The summed E-state index contributed by atoms with van der Waals surface area (Å²) in [6.07, 6.45) is 0. The predicted octanol–water partition coefficient (Wildman–Crippen LogP) is 0.871. The molecule has 1 aromatic rings. The predicted molar refractivity (Wildman–Crippen MR) is 81.8 cm³/mol. The van der Waals surface area contributed by atoms with Gasteiger partial charge in [-0.3, -0.25) is 0 Å². The van der Waals surface area contributed by atoms with E-state index in [0.29, 0.717) is 5.56 Å². The lowest BCUT2D eigenvalue weighted by Gasteiger charge is -2.26. The van der Waals surface area contributed by atoms with E-state index >= 15 is 0 Å². The van der Waals surface area contributed by atoms with Gasteiger partial charge in [-0.25, -0.2) is 16.8 Å². The topological polar surface area (TPSA) is 97.5 Å². The molecule has 0 bridgehead atoms. The average molecular weight is 373 g/mol. The lowest BCUT2D eigenvalue weighted by atomic mass is 10.2. The Hall–Kier alpha value is -0.380. The highest BCUT2D eigenvalue weighted by atomic mass is 35.5. The van der Waals surface area contributed by atoms with Crippen LogP contribution in [-0.4, -0.2) is 45.7 Å². The summed E-state index contributed by atoms with van der Waals surface area (Å²) in [5.41, 5.74) is 5.94. The molecule has 1 heterocycles. The first-order valence-corrected chi connectivity index (χ1v) is 10.1. The van der Waals surface area contributed by atoms with E-state index in [4.69, 9.17) is 28.9 Å². The van der Waals surface area contributed by atoms with E-state index in [2.05, 4.69) is 0 Å². The minimum atomic E-state index is -3.90. The molecule has 6 nitrogen and oxygen atoms in total. The Morgan fingerprint density at radius 3 is 2.29 bits per heavy atom. The molecule has 0 aliphatic carbocycles. The van der Waals surface area contributed by atoms with E-state index in [1.165, 1.54) is 12.1 Å². The van der Waals surface area contributed by atoms with Crippen LogP contribution in [0, 0.1) is 0 Å². The average Bonchev–Trinajstić information content (AvgIpc) is 2.40. The van der Waals surface area contributed by atoms with Gasteiger partial charge in [-0.1, -0.05) is 23.2 Å². The smallest absolute Gasteiger partial charge is 0.244 e. The molecule has 10 heteroatoms. The fourth-order valence-corrected chi connectivity index (χ4v) is 5.82. The third-order valence-electron chi connectivity index (χ3n) is 3.22. The van der Waals surface area contributed by atoms with Crippen LogP contribution in [0.4, 0.5) is 0 Å². The summed E-state index contributed by atoms with van der Waals surface area (Å²) in [5.74, 6) is -0.400. The van der Waals surface area contributed by atoms with Crippen molar-refractivity contribution in [1.82, 2.24) is 4.31 Å². The monoisotopic (exact) mass is 372 g/mol. The Labute approximate surface area is 133 Å². The van der Waals surface area contributed by atoms with Crippen LogP contribution < -0.4 is 5.73 Å². The molecule has 1 saturated heterocycles. The number of nitrogens with two attached hydrogens (primary N) is 1. The van der Waals surface area contributed by atoms with Crippen LogP contribution in [0.25, 0.3) is 0 Å². The molecule has 0 spiro atoms. The minimum Gasteiger partial charge on any atom is -0.326 e. The van der Waals surface area contributed by atoms with Gasteiger partial charge in [0, 0.05) is 24.7 Å². The number of hydrogen-bond donors (Lipinski definition) is 1. The van der Waals surface area contributed by atoms with E-state index in [1.54, 1.807) is 0 Å². The SMILES string of the molecule is NCc1cc(Cl)cc(S(=O)(=O)N2CCS(=O)(=O)CC2)c1Cl. The highest BCUT2D eigenvalue weighted by molar-refractivity contribution is 7.92. The zero-order chi connectivity index (χ0) is 15.8.